The summed E-state index contributed by atoms with van der Waals surface area (Å²) in [6.45, 7) is 1.29. The number of hydrogen-bond acceptors (Lipinski definition) is 7. The van der Waals surface area contributed by atoms with Crippen LogP contribution in [0, 0.1) is 0 Å². The molecular weight excluding hydrogens is 284 g/mol. The quantitative estimate of drug-likeness (QED) is 0.770. The van der Waals surface area contributed by atoms with E-state index in [9.17, 15) is 5.11 Å². The highest BCUT2D eigenvalue weighted by Gasteiger charge is 2.15. The van der Waals surface area contributed by atoms with Gasteiger partial charge in [-0.05, 0) is 20.2 Å². The number of likely N-dealkylation sites (N-methyl/N-ethyl adjacent to an activating group) is 1. The number of pyridine rings is 1. The molecule has 7 nitrogen and oxygen atoms in total. The van der Waals surface area contributed by atoms with Gasteiger partial charge in [-0.3, -0.25) is 4.98 Å². The second-order valence-electron chi connectivity index (χ2n) is 5.06. The number of ether oxygens (including phenoxy) is 1. The molecule has 7 heteroatoms. The summed E-state index contributed by atoms with van der Waals surface area (Å²) in [4.78, 5) is 14.2. The fourth-order valence-electron chi connectivity index (χ4n) is 1.96. The van der Waals surface area contributed by atoms with Crippen molar-refractivity contribution in [3.63, 3.8) is 0 Å². The molecule has 3 aromatic heterocycles. The summed E-state index contributed by atoms with van der Waals surface area (Å²) < 4.78 is 11.0. The van der Waals surface area contributed by atoms with Crippen molar-refractivity contribution in [3.8, 4) is 23.1 Å². The topological polar surface area (TPSA) is 84.5 Å². The van der Waals surface area contributed by atoms with Crippen LogP contribution >= 0.6 is 0 Å². The van der Waals surface area contributed by atoms with Gasteiger partial charge in [0.05, 0.1) is 17.1 Å². The van der Waals surface area contributed by atoms with E-state index in [2.05, 4.69) is 15.0 Å². The highest BCUT2D eigenvalue weighted by Crippen LogP contribution is 2.37. The summed E-state index contributed by atoms with van der Waals surface area (Å²) in [5, 5.41) is 10.8. The lowest BCUT2D eigenvalue weighted by Crippen LogP contribution is -2.19. The number of fused-ring (bicyclic) bond motifs is 1. The van der Waals surface area contributed by atoms with Gasteiger partial charge in [-0.2, -0.15) is 0 Å². The Morgan fingerprint density at radius 1 is 1.23 bits per heavy atom. The molecular formula is C15H16N4O3. The molecule has 1 N–H and O–H groups in total. The van der Waals surface area contributed by atoms with Crippen molar-refractivity contribution in [2.75, 3.05) is 27.2 Å². The Bertz CT molecular complexity index is 768. The normalized spacial score (nSPS) is 11.2. The Hall–Kier alpha value is -2.67. The monoisotopic (exact) mass is 300 g/mol. The standard InChI is InChI=1S/C15H16N4O3/c1-19(2)5-6-21-15-17-7-10(8-18-15)14-13(20)11-3-4-16-9-12(11)22-14/h3-4,7-9,20H,5-6H2,1-2H3. The van der Waals surface area contributed by atoms with Crippen molar-refractivity contribution in [2.24, 2.45) is 0 Å². The van der Waals surface area contributed by atoms with Gasteiger partial charge in [0.1, 0.15) is 6.61 Å². The summed E-state index contributed by atoms with van der Waals surface area (Å²) in [5.41, 5.74) is 1.09. The predicted molar refractivity (Wildman–Crippen MR) is 80.7 cm³/mol. The minimum absolute atomic E-state index is 0.0577. The third-order valence-electron chi connectivity index (χ3n) is 3.13. The van der Waals surface area contributed by atoms with Gasteiger partial charge in [0.25, 0.3) is 0 Å². The van der Waals surface area contributed by atoms with Gasteiger partial charge >= 0.3 is 6.01 Å². The molecule has 0 unspecified atom stereocenters. The third-order valence-corrected chi connectivity index (χ3v) is 3.13. The highest BCUT2D eigenvalue weighted by molar-refractivity contribution is 5.90. The smallest absolute Gasteiger partial charge is 0.316 e. The van der Waals surface area contributed by atoms with Crippen LogP contribution in [0.4, 0.5) is 0 Å². The van der Waals surface area contributed by atoms with E-state index in [4.69, 9.17) is 9.15 Å². The molecule has 0 bridgehead atoms. The van der Waals surface area contributed by atoms with E-state index in [-0.39, 0.29) is 5.75 Å². The molecule has 22 heavy (non-hydrogen) atoms. The van der Waals surface area contributed by atoms with E-state index in [1.165, 1.54) is 0 Å². The molecule has 3 rings (SSSR count). The largest absolute Gasteiger partial charge is 0.504 e. The first-order valence-electron chi connectivity index (χ1n) is 6.80. The van der Waals surface area contributed by atoms with E-state index in [0.29, 0.717) is 34.9 Å². The molecule has 0 aliphatic carbocycles. The SMILES string of the molecule is CN(C)CCOc1ncc(-c2oc3cnccc3c2O)cn1. The highest BCUT2D eigenvalue weighted by atomic mass is 16.5. The number of nitrogens with zero attached hydrogens (tertiary/aromatic N) is 4. The Morgan fingerprint density at radius 3 is 2.68 bits per heavy atom. The lowest BCUT2D eigenvalue weighted by atomic mass is 10.2. The van der Waals surface area contributed by atoms with Crippen LogP contribution in [0.5, 0.6) is 11.8 Å². The molecule has 0 saturated carbocycles. The van der Waals surface area contributed by atoms with Crippen LogP contribution in [0.15, 0.2) is 35.3 Å². The van der Waals surface area contributed by atoms with Crippen molar-refractivity contribution in [1.82, 2.24) is 19.9 Å². The van der Waals surface area contributed by atoms with E-state index >= 15 is 0 Å². The molecule has 0 saturated heterocycles. The number of aromatic nitrogens is 3. The van der Waals surface area contributed by atoms with Gasteiger partial charge < -0.3 is 19.2 Å². The van der Waals surface area contributed by atoms with Crippen LogP contribution in [0.3, 0.4) is 0 Å². The summed E-state index contributed by atoms with van der Waals surface area (Å²) in [7, 11) is 3.93. The molecule has 0 atom stereocenters. The number of aromatic hydroxyl groups is 1. The molecule has 0 radical (unpaired) electrons. The second kappa shape index (κ2) is 5.98. The van der Waals surface area contributed by atoms with Crippen LogP contribution in [0.2, 0.25) is 0 Å². The molecule has 3 aromatic rings. The van der Waals surface area contributed by atoms with Crippen molar-refractivity contribution in [3.05, 3.63) is 30.9 Å². The fraction of sp³-hybridized carbons (Fsp3) is 0.267. The van der Waals surface area contributed by atoms with Crippen LogP contribution in [0.25, 0.3) is 22.3 Å². The van der Waals surface area contributed by atoms with Crippen LogP contribution < -0.4 is 4.74 Å². The maximum Gasteiger partial charge on any atom is 0.316 e. The zero-order valence-corrected chi connectivity index (χ0v) is 12.4. The summed E-state index contributed by atoms with van der Waals surface area (Å²) in [6.07, 6.45) is 6.27. The van der Waals surface area contributed by atoms with E-state index in [0.717, 1.165) is 6.54 Å². The third kappa shape index (κ3) is 2.84. The van der Waals surface area contributed by atoms with Crippen molar-refractivity contribution >= 4 is 11.0 Å². The number of rotatable bonds is 5. The molecule has 3 heterocycles. The summed E-state index contributed by atoms with van der Waals surface area (Å²) >= 11 is 0. The first-order valence-corrected chi connectivity index (χ1v) is 6.80. The lowest BCUT2D eigenvalue weighted by Gasteiger charge is -2.09. The predicted octanol–water partition coefficient (Wildman–Crippen LogP) is 1.93. The summed E-state index contributed by atoms with van der Waals surface area (Å²) in [5.74, 6) is 0.380. The Labute approximate surface area is 127 Å². The van der Waals surface area contributed by atoms with E-state index in [1.54, 1.807) is 30.9 Å². The molecule has 0 aromatic carbocycles. The summed E-state index contributed by atoms with van der Waals surface area (Å²) in [6, 6.07) is 1.99. The van der Waals surface area contributed by atoms with Gasteiger partial charge in [-0.1, -0.05) is 0 Å². The molecule has 0 amide bonds. The van der Waals surface area contributed by atoms with E-state index < -0.39 is 0 Å². The van der Waals surface area contributed by atoms with Gasteiger partial charge in [0, 0.05) is 25.1 Å². The first-order chi connectivity index (χ1) is 10.6. The minimum atomic E-state index is 0.0577. The average molecular weight is 300 g/mol. The van der Waals surface area contributed by atoms with Gasteiger partial charge in [0.15, 0.2) is 17.1 Å². The van der Waals surface area contributed by atoms with Gasteiger partial charge in [-0.25, -0.2) is 9.97 Å². The number of hydrogen-bond donors (Lipinski definition) is 1. The fourth-order valence-corrected chi connectivity index (χ4v) is 1.96. The van der Waals surface area contributed by atoms with Crippen molar-refractivity contribution < 1.29 is 14.3 Å². The first kappa shape index (κ1) is 14.3. The Kier molecular flexibility index (Phi) is 3.88. The van der Waals surface area contributed by atoms with Crippen LogP contribution in [-0.2, 0) is 0 Å². The molecule has 0 aliphatic rings. The second-order valence-corrected chi connectivity index (χ2v) is 5.06. The zero-order valence-electron chi connectivity index (χ0n) is 12.4. The van der Waals surface area contributed by atoms with Crippen LogP contribution in [0.1, 0.15) is 0 Å². The van der Waals surface area contributed by atoms with E-state index in [1.807, 2.05) is 19.0 Å². The van der Waals surface area contributed by atoms with Crippen LogP contribution in [-0.4, -0.2) is 52.2 Å². The van der Waals surface area contributed by atoms with Crippen molar-refractivity contribution in [2.45, 2.75) is 0 Å². The average Bonchev–Trinajstić information content (AvgIpc) is 2.85. The maximum atomic E-state index is 10.2. The molecule has 0 aliphatic heterocycles. The van der Waals surface area contributed by atoms with Gasteiger partial charge in [0.2, 0.25) is 0 Å². The molecule has 0 fully saturated rings. The minimum Gasteiger partial charge on any atom is -0.504 e. The molecule has 114 valence electrons. The Balaban J connectivity index is 1.81. The number of furan rings is 1. The van der Waals surface area contributed by atoms with Crippen molar-refractivity contribution in [1.29, 1.82) is 0 Å². The zero-order chi connectivity index (χ0) is 15.5. The van der Waals surface area contributed by atoms with Gasteiger partial charge in [-0.15, -0.1) is 0 Å². The lowest BCUT2D eigenvalue weighted by molar-refractivity contribution is 0.245. The molecule has 0 spiro atoms. The Morgan fingerprint density at radius 2 is 2.00 bits per heavy atom. The maximum absolute atomic E-state index is 10.2.